The molecular weight excluding hydrogens is 270 g/mol. The molecule has 20 heavy (non-hydrogen) atoms. The Balaban J connectivity index is 2.31. The summed E-state index contributed by atoms with van der Waals surface area (Å²) >= 11 is 1.57. The van der Waals surface area contributed by atoms with Gasteiger partial charge in [-0.25, -0.2) is 4.98 Å². The van der Waals surface area contributed by atoms with E-state index in [1.54, 1.807) is 17.6 Å². The van der Waals surface area contributed by atoms with Gasteiger partial charge in [-0.05, 0) is 12.1 Å². The standard InChI is InChI=1S/C15H15N3OS/c1-15(2,3)13-10(6-7-16)18-11(9-20-14(18)17-13)12-5-4-8-19-12/h4-5,8-9H,6H2,1-3H3. The second kappa shape index (κ2) is 4.50. The lowest BCUT2D eigenvalue weighted by Gasteiger charge is -2.17. The van der Waals surface area contributed by atoms with E-state index in [1.807, 2.05) is 21.9 Å². The number of hydrogen-bond donors (Lipinski definition) is 0. The third kappa shape index (κ3) is 1.93. The fourth-order valence-electron chi connectivity index (χ4n) is 2.35. The molecule has 0 N–H and O–H groups in total. The molecular formula is C15H15N3OS. The zero-order valence-electron chi connectivity index (χ0n) is 11.7. The average molecular weight is 285 g/mol. The number of thiazole rings is 1. The minimum Gasteiger partial charge on any atom is -0.463 e. The van der Waals surface area contributed by atoms with Crippen molar-refractivity contribution in [2.75, 3.05) is 0 Å². The summed E-state index contributed by atoms with van der Waals surface area (Å²) in [6.45, 7) is 6.35. The monoisotopic (exact) mass is 285 g/mol. The number of fused-ring (bicyclic) bond motifs is 1. The first kappa shape index (κ1) is 12.9. The van der Waals surface area contributed by atoms with E-state index in [-0.39, 0.29) is 5.41 Å². The maximum atomic E-state index is 9.14. The lowest BCUT2D eigenvalue weighted by Crippen LogP contribution is -2.15. The molecule has 0 aliphatic carbocycles. The van der Waals surface area contributed by atoms with Crippen LogP contribution in [0.1, 0.15) is 32.2 Å². The van der Waals surface area contributed by atoms with Gasteiger partial charge in [-0.1, -0.05) is 20.8 Å². The summed E-state index contributed by atoms with van der Waals surface area (Å²) in [6, 6.07) is 6.04. The number of nitriles is 1. The zero-order chi connectivity index (χ0) is 14.3. The number of imidazole rings is 1. The highest BCUT2D eigenvalue weighted by Gasteiger charge is 2.26. The summed E-state index contributed by atoms with van der Waals surface area (Å²) in [6.07, 6.45) is 2.00. The molecule has 0 aliphatic rings. The molecule has 0 fully saturated rings. The first-order valence-corrected chi connectivity index (χ1v) is 7.30. The smallest absolute Gasteiger partial charge is 0.194 e. The molecule has 102 valence electrons. The largest absolute Gasteiger partial charge is 0.463 e. The highest BCUT2D eigenvalue weighted by Crippen LogP contribution is 2.33. The summed E-state index contributed by atoms with van der Waals surface area (Å²) in [5.41, 5.74) is 2.82. The normalized spacial score (nSPS) is 11.9. The molecule has 4 nitrogen and oxygen atoms in total. The lowest BCUT2D eigenvalue weighted by atomic mass is 9.90. The van der Waals surface area contributed by atoms with E-state index < -0.39 is 0 Å². The van der Waals surface area contributed by atoms with E-state index in [1.165, 1.54) is 0 Å². The van der Waals surface area contributed by atoms with Crippen LogP contribution >= 0.6 is 11.3 Å². The Morgan fingerprint density at radius 1 is 1.45 bits per heavy atom. The Labute approximate surface area is 121 Å². The molecule has 0 radical (unpaired) electrons. The second-order valence-electron chi connectivity index (χ2n) is 5.71. The van der Waals surface area contributed by atoms with E-state index in [0.717, 1.165) is 27.8 Å². The summed E-state index contributed by atoms with van der Waals surface area (Å²) in [7, 11) is 0. The molecule has 0 aliphatic heterocycles. The molecule has 0 amide bonds. The average Bonchev–Trinajstić information content (AvgIpc) is 3.03. The maximum Gasteiger partial charge on any atom is 0.194 e. The molecule has 5 heteroatoms. The predicted molar refractivity (Wildman–Crippen MR) is 78.8 cm³/mol. The maximum absolute atomic E-state index is 9.14. The minimum atomic E-state index is -0.0850. The SMILES string of the molecule is CC(C)(C)c1nc2scc(-c3ccco3)n2c1CC#N. The van der Waals surface area contributed by atoms with Gasteiger partial charge in [0, 0.05) is 10.8 Å². The number of hydrogen-bond acceptors (Lipinski definition) is 4. The van der Waals surface area contributed by atoms with E-state index in [0.29, 0.717) is 6.42 Å². The van der Waals surface area contributed by atoms with Crippen molar-refractivity contribution >= 4 is 16.3 Å². The summed E-state index contributed by atoms with van der Waals surface area (Å²) < 4.78 is 7.54. The van der Waals surface area contributed by atoms with E-state index in [9.17, 15) is 0 Å². The zero-order valence-corrected chi connectivity index (χ0v) is 12.5. The van der Waals surface area contributed by atoms with Crippen LogP contribution in [-0.4, -0.2) is 9.38 Å². The van der Waals surface area contributed by atoms with Crippen molar-refractivity contribution in [3.8, 4) is 17.5 Å². The first-order valence-electron chi connectivity index (χ1n) is 6.42. The van der Waals surface area contributed by atoms with E-state index in [2.05, 4.69) is 26.8 Å². The van der Waals surface area contributed by atoms with Gasteiger partial charge in [-0.15, -0.1) is 11.3 Å². The Morgan fingerprint density at radius 3 is 2.85 bits per heavy atom. The van der Waals surface area contributed by atoms with Crippen LogP contribution in [0.2, 0.25) is 0 Å². The van der Waals surface area contributed by atoms with Crippen molar-refractivity contribution in [2.24, 2.45) is 0 Å². The van der Waals surface area contributed by atoms with Gasteiger partial charge in [-0.2, -0.15) is 5.26 Å². The molecule has 0 bridgehead atoms. The number of rotatable bonds is 2. The Hall–Kier alpha value is -2.06. The van der Waals surface area contributed by atoms with Gasteiger partial charge in [0.15, 0.2) is 10.7 Å². The second-order valence-corrected chi connectivity index (χ2v) is 6.54. The van der Waals surface area contributed by atoms with Crippen molar-refractivity contribution < 1.29 is 4.42 Å². The minimum absolute atomic E-state index is 0.0850. The summed E-state index contributed by atoms with van der Waals surface area (Å²) in [5.74, 6) is 0.799. The molecule has 3 aromatic rings. The number of aromatic nitrogens is 2. The van der Waals surface area contributed by atoms with Crippen LogP contribution in [0.4, 0.5) is 0 Å². The van der Waals surface area contributed by atoms with Crippen LogP contribution in [0.5, 0.6) is 0 Å². The van der Waals surface area contributed by atoms with E-state index in [4.69, 9.17) is 14.7 Å². The highest BCUT2D eigenvalue weighted by atomic mass is 32.1. The molecule has 0 unspecified atom stereocenters. The highest BCUT2D eigenvalue weighted by molar-refractivity contribution is 7.15. The van der Waals surface area contributed by atoms with Crippen LogP contribution in [0.15, 0.2) is 28.2 Å². The summed E-state index contributed by atoms with van der Waals surface area (Å²) in [4.78, 5) is 5.63. The molecule has 0 atom stereocenters. The van der Waals surface area contributed by atoms with Crippen molar-refractivity contribution in [1.29, 1.82) is 5.26 Å². The third-order valence-corrected chi connectivity index (χ3v) is 4.02. The molecule has 3 rings (SSSR count). The lowest BCUT2D eigenvalue weighted by molar-refractivity contribution is 0.565. The van der Waals surface area contributed by atoms with Crippen LogP contribution in [-0.2, 0) is 11.8 Å². The van der Waals surface area contributed by atoms with Crippen molar-refractivity contribution in [3.63, 3.8) is 0 Å². The molecule has 0 saturated carbocycles. The molecule has 0 aromatic carbocycles. The fourth-order valence-corrected chi connectivity index (χ4v) is 3.25. The molecule has 3 aromatic heterocycles. The van der Waals surface area contributed by atoms with Gasteiger partial charge < -0.3 is 4.42 Å². The van der Waals surface area contributed by atoms with Crippen molar-refractivity contribution in [1.82, 2.24) is 9.38 Å². The first-order chi connectivity index (χ1) is 9.52. The van der Waals surface area contributed by atoms with Gasteiger partial charge in [0.05, 0.1) is 30.1 Å². The van der Waals surface area contributed by atoms with Gasteiger partial charge in [-0.3, -0.25) is 4.40 Å². The third-order valence-electron chi connectivity index (χ3n) is 3.19. The van der Waals surface area contributed by atoms with Crippen molar-refractivity contribution in [3.05, 3.63) is 35.2 Å². The molecule has 3 heterocycles. The molecule has 0 saturated heterocycles. The molecule has 0 spiro atoms. The van der Waals surface area contributed by atoms with Crippen LogP contribution < -0.4 is 0 Å². The topological polar surface area (TPSA) is 54.2 Å². The Kier molecular flexibility index (Phi) is 2.91. The predicted octanol–water partition coefficient (Wildman–Crippen LogP) is 4.02. The fraction of sp³-hybridized carbons (Fsp3) is 0.333. The Morgan fingerprint density at radius 2 is 2.25 bits per heavy atom. The summed E-state index contributed by atoms with van der Waals surface area (Å²) in [5, 5.41) is 11.2. The van der Waals surface area contributed by atoms with Crippen LogP contribution in [0.3, 0.4) is 0 Å². The van der Waals surface area contributed by atoms with Gasteiger partial charge in [0.25, 0.3) is 0 Å². The Bertz CT molecular complexity index is 782. The van der Waals surface area contributed by atoms with Gasteiger partial charge >= 0.3 is 0 Å². The van der Waals surface area contributed by atoms with E-state index >= 15 is 0 Å². The number of nitrogens with zero attached hydrogens (tertiary/aromatic N) is 3. The van der Waals surface area contributed by atoms with Crippen LogP contribution in [0.25, 0.3) is 16.4 Å². The van der Waals surface area contributed by atoms with Crippen LogP contribution in [0, 0.1) is 11.3 Å². The van der Waals surface area contributed by atoms with Gasteiger partial charge in [0.2, 0.25) is 0 Å². The quantitative estimate of drug-likeness (QED) is 0.714. The number of furan rings is 1. The van der Waals surface area contributed by atoms with Crippen molar-refractivity contribution in [2.45, 2.75) is 32.6 Å². The van der Waals surface area contributed by atoms with Gasteiger partial charge in [0.1, 0.15) is 5.69 Å².